The maximum Gasteiger partial charge on any atom is -1.00 e. The Hall–Kier alpha value is -1.27. The van der Waals surface area contributed by atoms with Crippen LogP contribution in [0, 0.1) is 5.41 Å². The third kappa shape index (κ3) is 7.11. The second kappa shape index (κ2) is 14.8. The van der Waals surface area contributed by atoms with Crippen molar-refractivity contribution in [3.05, 3.63) is 90.8 Å². The molecule has 0 fully saturated rings. The molecular formula is C45H60Cl2Zr. The Morgan fingerprint density at radius 3 is 1.88 bits per heavy atom. The Balaban J connectivity index is 0.00000260. The molecule has 3 heteroatoms. The van der Waals surface area contributed by atoms with Gasteiger partial charge in [0, 0.05) is 0 Å². The summed E-state index contributed by atoms with van der Waals surface area (Å²) < 4.78 is 4.54. The van der Waals surface area contributed by atoms with Gasteiger partial charge < -0.3 is 24.8 Å². The van der Waals surface area contributed by atoms with Crippen molar-refractivity contribution in [2.75, 3.05) is 0 Å². The molecule has 258 valence electrons. The maximum atomic E-state index is 2.80. The van der Waals surface area contributed by atoms with Crippen molar-refractivity contribution in [1.82, 2.24) is 0 Å². The molecule has 0 radical (unpaired) electrons. The van der Waals surface area contributed by atoms with Gasteiger partial charge in [0.2, 0.25) is 0 Å². The zero-order chi connectivity index (χ0) is 33.2. The number of hydrogen-bond acceptors (Lipinski definition) is 0. The molecule has 1 unspecified atom stereocenters. The summed E-state index contributed by atoms with van der Waals surface area (Å²) in [5.41, 5.74) is 17.3. The number of rotatable bonds is 8. The molecule has 0 aromatic heterocycles. The second-order valence-corrected chi connectivity index (χ2v) is 24.2. The van der Waals surface area contributed by atoms with E-state index in [1.54, 1.807) is 22.3 Å². The van der Waals surface area contributed by atoms with E-state index in [0.717, 1.165) is 12.8 Å². The van der Waals surface area contributed by atoms with E-state index in [0.29, 0.717) is 3.63 Å². The molecule has 0 N–H and O–H groups in total. The average molecular weight is 763 g/mol. The van der Waals surface area contributed by atoms with Crippen LogP contribution in [0.2, 0.25) is 3.63 Å². The zero-order valence-corrected chi connectivity index (χ0v) is 35.8. The predicted molar refractivity (Wildman–Crippen MR) is 201 cm³/mol. The molecule has 0 heterocycles. The van der Waals surface area contributed by atoms with Gasteiger partial charge in [-0.25, -0.2) is 0 Å². The van der Waals surface area contributed by atoms with Gasteiger partial charge >= 0.3 is 291 Å². The zero-order valence-electron chi connectivity index (χ0n) is 31.8. The SMILES string of the molecule is CCCC[C](CCCC)=[Zr+2]([C]1=CC(C(C)(C)C)=CC1)[CH]1C=C(C)c2cc3c(cc2C1(C)C)Cc1cc2c(cc1-3)C(C)=CCC2(C)C.[Cl-].[Cl-]. The van der Waals surface area contributed by atoms with E-state index in [4.69, 9.17) is 0 Å². The van der Waals surface area contributed by atoms with E-state index < -0.39 is 21.3 Å². The Morgan fingerprint density at radius 2 is 1.33 bits per heavy atom. The largest absolute Gasteiger partial charge is 1.00 e. The van der Waals surface area contributed by atoms with E-state index in [1.165, 1.54) is 83.9 Å². The van der Waals surface area contributed by atoms with Crippen LogP contribution in [0.3, 0.4) is 0 Å². The molecule has 0 saturated carbocycles. The van der Waals surface area contributed by atoms with Crippen molar-refractivity contribution >= 4 is 14.4 Å². The van der Waals surface area contributed by atoms with E-state index in [2.05, 4.69) is 125 Å². The minimum absolute atomic E-state index is 0. The van der Waals surface area contributed by atoms with Gasteiger partial charge in [-0.3, -0.25) is 0 Å². The van der Waals surface area contributed by atoms with Gasteiger partial charge in [-0.05, 0) is 0 Å². The molecule has 0 aliphatic heterocycles. The van der Waals surface area contributed by atoms with Gasteiger partial charge in [-0.1, -0.05) is 0 Å². The molecular weight excluding hydrogens is 703 g/mol. The minimum Gasteiger partial charge on any atom is -1.00 e. The monoisotopic (exact) mass is 760 g/mol. The standard InChI is InChI=1S/C27H29.C9H13.C9H18.2ClH.Zr/c1-16-7-9-26(3,4)24-12-18-11-19-13-25-21(17(2)8-10-27(25,5)6)15-23(19)22(18)14-20(16)24;1-9(2,3)8-6-4-5-7-8;1-3-5-7-9-8-6-4-2;;;/h7-9,12-15H,10-11H2,1-6H3;6-7H,4H2,1-3H3;3-8H2,1-2H3;2*1H;/q;;;;;+2/p-2. The summed E-state index contributed by atoms with van der Waals surface area (Å²) >= 11 is -2.27. The van der Waals surface area contributed by atoms with Gasteiger partial charge in [0.15, 0.2) is 0 Å². The van der Waals surface area contributed by atoms with Crippen molar-refractivity contribution < 1.29 is 46.1 Å². The summed E-state index contributed by atoms with van der Waals surface area (Å²) in [5, 5.41) is 0. The molecule has 0 amide bonds. The molecule has 48 heavy (non-hydrogen) atoms. The average Bonchev–Trinajstić information content (AvgIpc) is 3.63. The van der Waals surface area contributed by atoms with Gasteiger partial charge in [0.25, 0.3) is 0 Å². The Kier molecular flexibility index (Phi) is 12.2. The van der Waals surface area contributed by atoms with Crippen molar-refractivity contribution in [2.24, 2.45) is 5.41 Å². The van der Waals surface area contributed by atoms with Crippen molar-refractivity contribution in [3.63, 3.8) is 0 Å². The number of allylic oxidation sites excluding steroid dienone is 8. The minimum atomic E-state index is -2.27. The van der Waals surface area contributed by atoms with Crippen LogP contribution in [-0.2, 0) is 38.5 Å². The van der Waals surface area contributed by atoms with Gasteiger partial charge in [0.1, 0.15) is 0 Å². The predicted octanol–water partition coefficient (Wildman–Crippen LogP) is 7.26. The molecule has 0 bridgehead atoms. The van der Waals surface area contributed by atoms with E-state index in [9.17, 15) is 0 Å². The van der Waals surface area contributed by atoms with Crippen LogP contribution >= 0.6 is 0 Å². The van der Waals surface area contributed by atoms with Crippen molar-refractivity contribution in [3.8, 4) is 11.1 Å². The Morgan fingerprint density at radius 1 is 0.771 bits per heavy atom. The first-order chi connectivity index (χ1) is 21.7. The summed E-state index contributed by atoms with van der Waals surface area (Å²) in [6.07, 6.45) is 22.0. The number of hydrogen-bond donors (Lipinski definition) is 0. The summed E-state index contributed by atoms with van der Waals surface area (Å²) in [6, 6.07) is 10.4. The Labute approximate surface area is 314 Å². The van der Waals surface area contributed by atoms with Crippen LogP contribution < -0.4 is 24.8 Å². The number of benzene rings is 2. The molecule has 1 atom stereocenters. The molecule has 4 aliphatic rings. The fraction of sp³-hybridized carbons (Fsp3) is 0.533. The normalized spacial score (nSPS) is 19.5. The van der Waals surface area contributed by atoms with Crippen molar-refractivity contribution in [2.45, 2.75) is 148 Å². The number of unbranched alkanes of at least 4 members (excludes halogenated alkanes) is 2. The topological polar surface area (TPSA) is 0 Å². The molecule has 0 spiro atoms. The molecule has 2 aromatic carbocycles. The van der Waals surface area contributed by atoms with Crippen LogP contribution in [0.1, 0.15) is 161 Å². The fourth-order valence-electron chi connectivity index (χ4n) is 8.88. The van der Waals surface area contributed by atoms with Gasteiger partial charge in [0.05, 0.1) is 0 Å². The molecule has 0 nitrogen and oxygen atoms in total. The summed E-state index contributed by atoms with van der Waals surface area (Å²) in [7, 11) is 0. The van der Waals surface area contributed by atoms with E-state index >= 15 is 0 Å². The summed E-state index contributed by atoms with van der Waals surface area (Å²) in [5.74, 6) is 0. The number of halogens is 2. The smallest absolute Gasteiger partial charge is 1.00 e. The van der Waals surface area contributed by atoms with Crippen molar-refractivity contribution in [1.29, 1.82) is 0 Å². The maximum absolute atomic E-state index is 2.80. The van der Waals surface area contributed by atoms with E-state index in [-0.39, 0.29) is 41.1 Å². The summed E-state index contributed by atoms with van der Waals surface area (Å²) in [4.78, 5) is 0. The van der Waals surface area contributed by atoms with Crippen LogP contribution in [0.25, 0.3) is 22.3 Å². The van der Waals surface area contributed by atoms with E-state index in [1.807, 2.05) is 6.49 Å². The third-order valence-corrected chi connectivity index (χ3v) is 21.4. The van der Waals surface area contributed by atoms with Gasteiger partial charge in [-0.2, -0.15) is 0 Å². The first-order valence-electron chi connectivity index (χ1n) is 18.5. The fourth-order valence-corrected chi connectivity index (χ4v) is 19.0. The van der Waals surface area contributed by atoms with Crippen LogP contribution in [0.4, 0.5) is 0 Å². The second-order valence-electron chi connectivity index (χ2n) is 17.3. The summed E-state index contributed by atoms with van der Waals surface area (Å²) in [6.45, 7) is 26.8. The van der Waals surface area contributed by atoms with Crippen LogP contribution in [-0.4, -0.2) is 3.21 Å². The quantitative estimate of drug-likeness (QED) is 0.227. The van der Waals surface area contributed by atoms with Gasteiger partial charge in [-0.15, -0.1) is 0 Å². The number of fused-ring (bicyclic) bond motifs is 5. The first kappa shape index (κ1) is 39.5. The molecule has 0 saturated heterocycles. The molecule has 2 aromatic rings. The van der Waals surface area contributed by atoms with Crippen LogP contribution in [0.15, 0.2) is 57.4 Å². The molecule has 4 aliphatic carbocycles. The van der Waals surface area contributed by atoms with Crippen LogP contribution in [0.5, 0.6) is 0 Å². The molecule has 6 rings (SSSR count). The first-order valence-corrected chi connectivity index (χ1v) is 22.4. The Bertz CT molecular complexity index is 1720. The third-order valence-electron chi connectivity index (χ3n) is 12.0.